The molecule has 1 aliphatic rings. The van der Waals surface area contributed by atoms with E-state index >= 15 is 0 Å². The van der Waals surface area contributed by atoms with Gasteiger partial charge in [-0.3, -0.25) is 4.68 Å². The quantitative estimate of drug-likeness (QED) is 0.627. The molecule has 1 fully saturated rings. The van der Waals surface area contributed by atoms with Crippen LogP contribution in [0.15, 0.2) is 18.6 Å². The first-order chi connectivity index (χ1) is 12.5. The van der Waals surface area contributed by atoms with Crippen LogP contribution in [0.25, 0.3) is 11.0 Å². The van der Waals surface area contributed by atoms with Gasteiger partial charge in [0.25, 0.3) is 0 Å². The molecule has 0 radical (unpaired) electrons. The van der Waals surface area contributed by atoms with E-state index in [1.165, 1.54) is 12.8 Å². The first-order valence-corrected chi connectivity index (χ1v) is 8.92. The molecule has 0 amide bonds. The van der Waals surface area contributed by atoms with Crippen molar-refractivity contribution in [2.45, 2.75) is 45.7 Å². The van der Waals surface area contributed by atoms with Crippen LogP contribution in [-0.2, 0) is 0 Å². The third-order valence-corrected chi connectivity index (χ3v) is 4.73. The molecular weight excluding hydrogens is 328 g/mol. The van der Waals surface area contributed by atoms with Crippen LogP contribution >= 0.6 is 0 Å². The summed E-state index contributed by atoms with van der Waals surface area (Å²) in [5.41, 5.74) is 2.01. The van der Waals surface area contributed by atoms with Gasteiger partial charge in [0, 0.05) is 24.5 Å². The fraction of sp³-hybridized carbons (Fsp3) is 0.444. The number of nitriles is 1. The summed E-state index contributed by atoms with van der Waals surface area (Å²) in [6.45, 7) is 6.30. The molecule has 4 rings (SSSR count). The summed E-state index contributed by atoms with van der Waals surface area (Å²) in [5, 5.41) is 21.1. The molecule has 3 aromatic heterocycles. The Morgan fingerprint density at radius 1 is 1.31 bits per heavy atom. The average molecular weight is 350 g/mol. The average Bonchev–Trinajstić information content (AvgIpc) is 3.22. The maximum atomic E-state index is 9.38. The highest BCUT2D eigenvalue weighted by molar-refractivity contribution is 5.93. The van der Waals surface area contributed by atoms with Gasteiger partial charge in [0.05, 0.1) is 22.8 Å². The van der Waals surface area contributed by atoms with E-state index in [-0.39, 0.29) is 6.04 Å². The van der Waals surface area contributed by atoms with Crippen LogP contribution in [0.3, 0.4) is 0 Å². The van der Waals surface area contributed by atoms with Crippen molar-refractivity contribution in [1.29, 1.82) is 5.26 Å². The molecule has 8 heteroatoms. The Labute approximate surface area is 151 Å². The minimum absolute atomic E-state index is 0.284. The van der Waals surface area contributed by atoms with Crippen molar-refractivity contribution in [3.63, 3.8) is 0 Å². The van der Waals surface area contributed by atoms with E-state index in [0.717, 1.165) is 11.1 Å². The highest BCUT2D eigenvalue weighted by Gasteiger charge is 2.29. The number of nitrogens with one attached hydrogen (secondary N) is 3. The summed E-state index contributed by atoms with van der Waals surface area (Å²) < 4.78 is 1.87. The highest BCUT2D eigenvalue weighted by atomic mass is 15.3. The van der Waals surface area contributed by atoms with Crippen molar-refractivity contribution in [2.75, 3.05) is 10.6 Å². The van der Waals surface area contributed by atoms with E-state index in [9.17, 15) is 5.26 Å². The number of hydrogen-bond acceptors (Lipinski definition) is 6. The molecule has 0 saturated heterocycles. The number of aromatic nitrogens is 5. The number of hydrogen-bond donors (Lipinski definition) is 3. The predicted octanol–water partition coefficient (Wildman–Crippen LogP) is 3.56. The Hall–Kier alpha value is -3.08. The fourth-order valence-corrected chi connectivity index (χ4v) is 3.03. The van der Waals surface area contributed by atoms with Gasteiger partial charge in [-0.1, -0.05) is 0 Å². The number of anilines is 3. The van der Waals surface area contributed by atoms with E-state index in [1.54, 1.807) is 12.4 Å². The van der Waals surface area contributed by atoms with Gasteiger partial charge in [0.2, 0.25) is 5.95 Å². The largest absolute Gasteiger partial charge is 0.367 e. The summed E-state index contributed by atoms with van der Waals surface area (Å²) in [7, 11) is 0. The molecule has 0 aliphatic heterocycles. The highest BCUT2D eigenvalue weighted by Crippen LogP contribution is 2.35. The van der Waals surface area contributed by atoms with Crippen LogP contribution in [0.4, 0.5) is 17.5 Å². The second-order valence-corrected chi connectivity index (χ2v) is 7.13. The van der Waals surface area contributed by atoms with Gasteiger partial charge in [-0.05, 0) is 39.5 Å². The predicted molar refractivity (Wildman–Crippen MR) is 100 cm³/mol. The molecule has 0 aromatic carbocycles. The van der Waals surface area contributed by atoms with Gasteiger partial charge >= 0.3 is 0 Å². The summed E-state index contributed by atoms with van der Waals surface area (Å²) in [6.07, 6.45) is 7.82. The lowest BCUT2D eigenvalue weighted by Gasteiger charge is -2.15. The first-order valence-electron chi connectivity index (χ1n) is 8.92. The maximum Gasteiger partial charge on any atom is 0.231 e. The maximum absolute atomic E-state index is 9.38. The van der Waals surface area contributed by atoms with Gasteiger partial charge in [0.1, 0.15) is 17.5 Å². The van der Waals surface area contributed by atoms with Crippen molar-refractivity contribution in [3.05, 3.63) is 24.2 Å². The smallest absolute Gasteiger partial charge is 0.231 e. The number of fused-ring (bicyclic) bond motifs is 1. The van der Waals surface area contributed by atoms with Gasteiger partial charge in [-0.15, -0.1) is 0 Å². The molecule has 1 aliphatic carbocycles. The second kappa shape index (κ2) is 6.33. The van der Waals surface area contributed by atoms with Gasteiger partial charge in [0.15, 0.2) is 0 Å². The Bertz CT molecular complexity index is 973. The Kier molecular flexibility index (Phi) is 3.99. The zero-order valence-electron chi connectivity index (χ0n) is 15.1. The minimum atomic E-state index is 0.284. The molecular formula is C18H22N8. The summed E-state index contributed by atoms with van der Waals surface area (Å²) in [4.78, 5) is 12.2. The number of rotatable bonds is 6. The summed E-state index contributed by atoms with van der Waals surface area (Å²) in [5.74, 6) is 1.83. The van der Waals surface area contributed by atoms with Crippen LogP contribution in [0.1, 0.15) is 45.2 Å². The van der Waals surface area contributed by atoms with Crippen LogP contribution in [0.5, 0.6) is 0 Å². The standard InChI is InChI=1S/C18H22N8/c1-10(2)26-9-14(8-21-26)23-18-24-16-15(13(6-19)7-20-16)17(25-18)22-11(3)12-4-5-12/h7-12H,4-5H2,1-3H3,(H3,20,22,23,24,25)/t11-/m1/s1. The van der Waals surface area contributed by atoms with Crippen LogP contribution < -0.4 is 10.6 Å². The Morgan fingerprint density at radius 3 is 2.77 bits per heavy atom. The van der Waals surface area contributed by atoms with Crippen molar-refractivity contribution >= 4 is 28.5 Å². The normalized spacial score (nSPS) is 15.2. The first kappa shape index (κ1) is 16.4. The second-order valence-electron chi connectivity index (χ2n) is 7.13. The van der Waals surface area contributed by atoms with Crippen molar-refractivity contribution < 1.29 is 0 Å². The van der Waals surface area contributed by atoms with Crippen LogP contribution in [0.2, 0.25) is 0 Å². The van der Waals surface area contributed by atoms with Crippen molar-refractivity contribution in [3.8, 4) is 6.07 Å². The molecule has 8 nitrogen and oxygen atoms in total. The van der Waals surface area contributed by atoms with E-state index in [1.807, 2.05) is 10.9 Å². The lowest BCUT2D eigenvalue weighted by Crippen LogP contribution is -2.19. The number of aromatic amines is 1. The topological polar surface area (TPSA) is 107 Å². The molecule has 3 N–H and O–H groups in total. The van der Waals surface area contributed by atoms with Crippen LogP contribution in [-0.4, -0.2) is 30.8 Å². The molecule has 1 saturated carbocycles. The van der Waals surface area contributed by atoms with E-state index in [0.29, 0.717) is 34.9 Å². The summed E-state index contributed by atoms with van der Waals surface area (Å²) in [6, 6.07) is 2.80. The number of nitrogens with zero attached hydrogens (tertiary/aromatic N) is 5. The van der Waals surface area contributed by atoms with Crippen LogP contribution in [0, 0.1) is 17.2 Å². The van der Waals surface area contributed by atoms with Crippen molar-refractivity contribution in [1.82, 2.24) is 24.7 Å². The van der Waals surface area contributed by atoms with Gasteiger partial charge < -0.3 is 15.6 Å². The molecule has 134 valence electrons. The molecule has 0 unspecified atom stereocenters. The minimum Gasteiger partial charge on any atom is -0.367 e. The molecule has 3 heterocycles. The summed E-state index contributed by atoms with van der Waals surface area (Å²) >= 11 is 0. The zero-order chi connectivity index (χ0) is 18.3. The van der Waals surface area contributed by atoms with E-state index < -0.39 is 0 Å². The molecule has 1 atom stereocenters. The van der Waals surface area contributed by atoms with E-state index in [2.05, 4.69) is 57.5 Å². The Morgan fingerprint density at radius 2 is 2.12 bits per heavy atom. The van der Waals surface area contributed by atoms with Gasteiger partial charge in [-0.2, -0.15) is 20.3 Å². The van der Waals surface area contributed by atoms with Gasteiger partial charge in [-0.25, -0.2) is 0 Å². The zero-order valence-corrected chi connectivity index (χ0v) is 15.1. The number of H-pyrrole nitrogens is 1. The molecule has 0 spiro atoms. The lowest BCUT2D eigenvalue weighted by molar-refractivity contribution is 0.532. The monoisotopic (exact) mass is 350 g/mol. The third-order valence-electron chi connectivity index (χ3n) is 4.73. The molecule has 0 bridgehead atoms. The lowest BCUT2D eigenvalue weighted by atomic mass is 10.2. The molecule has 3 aromatic rings. The Balaban J connectivity index is 1.69. The van der Waals surface area contributed by atoms with Crippen molar-refractivity contribution in [2.24, 2.45) is 5.92 Å². The SMILES string of the molecule is CC(C)n1cc(Nc2nc(N[C@H](C)C3CC3)c3c(C#N)c[nH]c3n2)cn1. The van der Waals surface area contributed by atoms with E-state index in [4.69, 9.17) is 0 Å². The molecule has 26 heavy (non-hydrogen) atoms. The fourth-order valence-electron chi connectivity index (χ4n) is 3.03. The third kappa shape index (κ3) is 3.08.